The summed E-state index contributed by atoms with van der Waals surface area (Å²) in [6.07, 6.45) is 7.53. The van der Waals surface area contributed by atoms with E-state index in [0.717, 1.165) is 24.0 Å². The largest absolute Gasteiger partial charge is 0.394 e. The summed E-state index contributed by atoms with van der Waals surface area (Å²) >= 11 is 0. The van der Waals surface area contributed by atoms with E-state index in [0.29, 0.717) is 103 Å². The lowest BCUT2D eigenvalue weighted by Gasteiger charge is -2.41. The number of methoxy groups -OCH3 is 2. The molecule has 24 nitrogen and oxygen atoms in total. The number of likely N-dealkylation sites (N-methyl/N-ethyl adjacent to an activating group) is 1. The SMILES string of the molecule is CCC(C)C(C(CC(=O)N1CCC[C@H]1C(OC)C(C)C(=O)NC(Cc1ccccc1)C(=O)Nc1ccc(CNC(=O)CCCCCN2C(=O)C=CC2=O)cc1)OC)N(C)C(=O)C(NC(=O)[C@@H]1[C@H]2CC[C@H](C2)N1C(=O)CCOCCOCCOCCOCCO)C(C)C. The van der Waals surface area contributed by atoms with Gasteiger partial charge >= 0.3 is 0 Å². The number of ether oxygens (including phenoxy) is 6. The Morgan fingerprint density at radius 2 is 1.37 bits per heavy atom. The highest BCUT2D eigenvalue weighted by atomic mass is 16.6. The molecular formula is C68H102N8O16. The van der Waals surface area contributed by atoms with Crippen LogP contribution < -0.4 is 21.3 Å². The van der Waals surface area contributed by atoms with Gasteiger partial charge in [-0.1, -0.05) is 89.9 Å². The van der Waals surface area contributed by atoms with Crippen LogP contribution in [-0.2, 0) is 84.5 Å². The van der Waals surface area contributed by atoms with Gasteiger partial charge in [-0.3, -0.25) is 48.1 Å². The quantitative estimate of drug-likeness (QED) is 0.0456. The number of hydrogen-bond acceptors (Lipinski definition) is 16. The Morgan fingerprint density at radius 3 is 1.99 bits per heavy atom. The molecule has 92 heavy (non-hydrogen) atoms. The van der Waals surface area contributed by atoms with Crippen LogP contribution in [0.4, 0.5) is 5.69 Å². The Hall–Kier alpha value is -6.67. The maximum atomic E-state index is 14.9. The van der Waals surface area contributed by atoms with Crippen molar-refractivity contribution in [2.75, 3.05) is 99.1 Å². The number of aliphatic hydroxyl groups excluding tert-OH is 1. The van der Waals surface area contributed by atoms with Crippen molar-refractivity contribution in [2.24, 2.45) is 23.7 Å². The number of benzene rings is 2. The Kier molecular flexibility index (Phi) is 31.1. The minimum absolute atomic E-state index is 0.0374. The number of hydrogen-bond donors (Lipinski definition) is 5. The van der Waals surface area contributed by atoms with Crippen LogP contribution in [0.1, 0.15) is 123 Å². The summed E-state index contributed by atoms with van der Waals surface area (Å²) in [6, 6.07) is 12.5. The molecule has 2 saturated heterocycles. The van der Waals surface area contributed by atoms with Crippen LogP contribution in [0, 0.1) is 23.7 Å². The standard InChI is InChI=1S/C68H102N8O16/c1-9-46(4)62(73(6)68(86)61(45(2)3)72-67(85)63-50-23-26-52(42-50)76(63)59(81)29-33-89-35-37-91-39-40-92-38-36-90-34-32-77)55(87-7)43-60(82)74-31-16-19-54(74)64(88-8)47(5)65(83)71-53(41-48-17-12-10-13-18-48)66(84)70-51-24-21-49(22-25-51)44-69-56(78)20-14-11-15-30-75-57(79)27-28-58(75)80/h10,12-13,17-18,21-22,24-25,27-28,45-47,50,52-55,61-64,77H,9,11,14-16,19-20,23,26,29-44H2,1-8H3,(H,69,78)(H,70,84)(H,71,83)(H,72,85)/t46?,47?,50-,52+,53?,54-,55?,61?,62?,63-,64?/m0/s1. The molecule has 2 aromatic rings. The van der Waals surface area contributed by atoms with Gasteiger partial charge in [0.05, 0.1) is 103 Å². The number of unbranched alkanes of at least 4 members (excludes halogenated alkanes) is 2. The van der Waals surface area contributed by atoms with Gasteiger partial charge in [-0.05, 0) is 86.0 Å². The van der Waals surface area contributed by atoms with Crippen LogP contribution in [0.5, 0.6) is 0 Å². The Balaban J connectivity index is 1.02. The zero-order valence-corrected chi connectivity index (χ0v) is 55.3. The van der Waals surface area contributed by atoms with Gasteiger partial charge in [-0.15, -0.1) is 0 Å². The lowest BCUT2D eigenvalue weighted by molar-refractivity contribution is -0.149. The van der Waals surface area contributed by atoms with E-state index in [1.54, 1.807) is 52.9 Å². The van der Waals surface area contributed by atoms with E-state index in [9.17, 15) is 43.2 Å². The van der Waals surface area contributed by atoms with E-state index >= 15 is 0 Å². The van der Waals surface area contributed by atoms with E-state index in [2.05, 4.69) is 21.3 Å². The summed E-state index contributed by atoms with van der Waals surface area (Å²) in [7, 11) is 4.72. The third-order valence-corrected chi connectivity index (χ3v) is 18.3. The average molecular weight is 1290 g/mol. The predicted octanol–water partition coefficient (Wildman–Crippen LogP) is 4.34. The number of imide groups is 1. The molecule has 3 fully saturated rings. The summed E-state index contributed by atoms with van der Waals surface area (Å²) in [6.45, 7) is 13.0. The molecule has 24 heteroatoms. The smallest absolute Gasteiger partial charge is 0.253 e. The van der Waals surface area contributed by atoms with Crippen LogP contribution in [0.25, 0.3) is 0 Å². The molecule has 3 aliphatic heterocycles. The fourth-order valence-corrected chi connectivity index (χ4v) is 13.0. The van der Waals surface area contributed by atoms with Crippen LogP contribution >= 0.6 is 0 Å². The van der Waals surface area contributed by atoms with Gasteiger partial charge in [-0.2, -0.15) is 0 Å². The molecule has 0 spiro atoms. The van der Waals surface area contributed by atoms with Crippen molar-refractivity contribution >= 4 is 58.9 Å². The van der Waals surface area contributed by atoms with Crippen LogP contribution in [0.3, 0.4) is 0 Å². The van der Waals surface area contributed by atoms with Gasteiger partial charge in [0.1, 0.15) is 18.1 Å². The molecule has 5 N–H and O–H groups in total. The number of aliphatic hydroxyl groups is 1. The molecule has 3 heterocycles. The second-order valence-electron chi connectivity index (χ2n) is 24.9. The van der Waals surface area contributed by atoms with E-state index in [1.807, 2.05) is 58.0 Å². The van der Waals surface area contributed by atoms with Gasteiger partial charge in [0.25, 0.3) is 11.8 Å². The number of fused-ring (bicyclic) bond motifs is 2. The van der Waals surface area contributed by atoms with Crippen molar-refractivity contribution in [1.29, 1.82) is 0 Å². The monoisotopic (exact) mass is 1290 g/mol. The van der Waals surface area contributed by atoms with Crippen molar-refractivity contribution < 1.29 is 76.7 Å². The molecule has 6 rings (SSSR count). The van der Waals surface area contributed by atoms with Crippen LogP contribution in [0.2, 0.25) is 0 Å². The third kappa shape index (κ3) is 21.7. The predicted molar refractivity (Wildman–Crippen MR) is 343 cm³/mol. The second-order valence-corrected chi connectivity index (χ2v) is 24.9. The first-order valence-electron chi connectivity index (χ1n) is 33.0. The molecule has 4 aliphatic rings. The van der Waals surface area contributed by atoms with Crippen molar-refractivity contribution in [3.8, 4) is 0 Å². The van der Waals surface area contributed by atoms with E-state index < -0.39 is 60.1 Å². The number of nitrogens with zero attached hydrogens (tertiary/aromatic N) is 4. The first-order chi connectivity index (χ1) is 44.3. The molecule has 0 aromatic heterocycles. The zero-order chi connectivity index (χ0) is 66.7. The Bertz CT molecular complexity index is 2720. The summed E-state index contributed by atoms with van der Waals surface area (Å²) in [5.41, 5.74) is 2.12. The van der Waals surface area contributed by atoms with Gasteiger partial charge in [0.15, 0.2) is 0 Å². The van der Waals surface area contributed by atoms with Gasteiger partial charge < -0.3 is 69.5 Å². The highest BCUT2D eigenvalue weighted by Crippen LogP contribution is 2.43. The maximum absolute atomic E-state index is 14.9. The minimum Gasteiger partial charge on any atom is -0.394 e. The molecule has 1 aliphatic carbocycles. The number of amides is 9. The normalized spacial score (nSPS) is 20.0. The molecular weight excluding hydrogens is 1180 g/mol. The van der Waals surface area contributed by atoms with Gasteiger partial charge in [0.2, 0.25) is 41.4 Å². The number of anilines is 1. The first kappa shape index (κ1) is 74.4. The lowest BCUT2D eigenvalue weighted by Crippen LogP contribution is -2.60. The van der Waals surface area contributed by atoms with E-state index in [-0.39, 0.29) is 117 Å². The summed E-state index contributed by atoms with van der Waals surface area (Å²) in [5, 5.41) is 20.7. The number of carbonyl (C=O) groups is 9. The number of rotatable bonds is 42. The summed E-state index contributed by atoms with van der Waals surface area (Å²) < 4.78 is 34.1. The summed E-state index contributed by atoms with van der Waals surface area (Å²) in [4.78, 5) is 129. The number of likely N-dealkylation sites (tertiary alicyclic amines) is 2. The third-order valence-electron chi connectivity index (χ3n) is 18.3. The van der Waals surface area contributed by atoms with Gasteiger partial charge in [0, 0.05) is 77.6 Å². The van der Waals surface area contributed by atoms with E-state index in [1.165, 1.54) is 31.3 Å². The molecule has 11 atom stereocenters. The molecule has 7 unspecified atom stereocenters. The summed E-state index contributed by atoms with van der Waals surface area (Å²) in [5.74, 6) is -4.11. The maximum Gasteiger partial charge on any atom is 0.253 e. The second kappa shape index (κ2) is 38.5. The van der Waals surface area contributed by atoms with Gasteiger partial charge in [-0.25, -0.2) is 0 Å². The van der Waals surface area contributed by atoms with E-state index in [4.69, 9.17) is 33.5 Å². The number of carbonyl (C=O) groups excluding carboxylic acids is 9. The van der Waals surface area contributed by atoms with Crippen molar-refractivity contribution in [3.05, 3.63) is 77.9 Å². The molecule has 2 bridgehead atoms. The Morgan fingerprint density at radius 1 is 0.717 bits per heavy atom. The van der Waals surface area contributed by atoms with Crippen molar-refractivity contribution in [3.63, 3.8) is 0 Å². The molecule has 1 saturated carbocycles. The first-order valence-corrected chi connectivity index (χ1v) is 33.0. The highest BCUT2D eigenvalue weighted by molar-refractivity contribution is 6.12. The number of piperidine rings is 1. The zero-order valence-electron chi connectivity index (χ0n) is 55.3. The fraction of sp³-hybridized carbons (Fsp3) is 0.662. The van der Waals surface area contributed by atoms with Crippen molar-refractivity contribution in [1.82, 2.24) is 35.6 Å². The molecule has 0 radical (unpaired) electrons. The molecule has 2 aromatic carbocycles. The Labute approximate surface area is 542 Å². The topological polar surface area (TPSA) is 290 Å². The minimum atomic E-state index is -1.000. The molecule has 9 amide bonds. The highest BCUT2D eigenvalue weighted by Gasteiger charge is 2.52. The van der Waals surface area contributed by atoms with Crippen LogP contribution in [0.15, 0.2) is 66.7 Å². The lowest BCUT2D eigenvalue weighted by atomic mass is 9.89. The van der Waals surface area contributed by atoms with Crippen LogP contribution in [-0.4, -0.2) is 220 Å². The fourth-order valence-electron chi connectivity index (χ4n) is 13.0. The molecule has 510 valence electrons. The number of nitrogens with one attached hydrogen (secondary N) is 4. The average Bonchev–Trinajstić information content (AvgIpc) is 1.65. The van der Waals surface area contributed by atoms with Crippen molar-refractivity contribution in [2.45, 2.75) is 173 Å².